The Kier molecular flexibility index (Phi) is 9.82. The number of rotatable bonds is 5. The lowest BCUT2D eigenvalue weighted by Gasteiger charge is -2.11. The summed E-state index contributed by atoms with van der Waals surface area (Å²) >= 11 is 6.91. The predicted octanol–water partition coefficient (Wildman–Crippen LogP) is 21.6. The number of nitrogens with zero attached hydrogens (tertiary/aromatic N) is 2. The quantitative estimate of drug-likeness (QED) is 0.172. The number of carbonyl (C=O) groups is 1. The zero-order valence-electron chi connectivity index (χ0n) is 56.5. The highest BCUT2D eigenvalue weighted by Gasteiger charge is 2.23. The third kappa shape index (κ3) is 8.29. The van der Waals surface area contributed by atoms with E-state index in [4.69, 9.17) is 45.0 Å². The molecular weight excluding hydrogens is 1060 g/mol. The summed E-state index contributed by atoms with van der Waals surface area (Å²) in [5, 5.41) is 14.7. The van der Waals surface area contributed by atoms with Gasteiger partial charge < -0.3 is 32.1 Å². The number of benzene rings is 12. The average Bonchev–Trinajstić information content (AvgIpc) is 1.54. The molecule has 0 aliphatic rings. The van der Waals surface area contributed by atoms with Gasteiger partial charge in [-0.2, -0.15) is 0 Å². The van der Waals surface area contributed by atoms with E-state index in [1.165, 1.54) is 6.92 Å². The number of carbonyl (C=O) groups excluding carboxylic acids is 1. The summed E-state index contributed by atoms with van der Waals surface area (Å²) in [6.07, 6.45) is 0. The van der Waals surface area contributed by atoms with Gasteiger partial charge in [-0.05, 0) is 192 Å². The SMILES string of the molecule is C.[2H]CC(C)=O.[2H]c1c([2H])c([2H])c(-c2ccc3c(c2)c2c(OC)ccc(Cl)c2n3-c2ccc3cc4c(cc3c2)oc2cc(C)ccc24)c([2H])c1[2H].[2H]c1c([2H])c([2H])c(-c2ccc3c(c2)c2c(OC)ccc4c5cc6cc7c(cc6cc5n3c42)oc2cc(C)ccc27)c([2H])c1[2H]. The van der Waals surface area contributed by atoms with Gasteiger partial charge in [0.25, 0.3) is 0 Å². The first-order valence-corrected chi connectivity index (χ1v) is 27.2. The molecule has 5 aromatic heterocycles. The molecule has 0 N–H and O–H groups in total. The van der Waals surface area contributed by atoms with Crippen molar-refractivity contribution in [1.29, 1.82) is 0 Å². The molecule has 17 rings (SSSR count). The van der Waals surface area contributed by atoms with Crippen molar-refractivity contribution < 1.29 is 38.2 Å². The van der Waals surface area contributed by atoms with Crippen LogP contribution in [0.15, 0.2) is 221 Å². The third-order valence-electron chi connectivity index (χ3n) is 15.8. The van der Waals surface area contributed by atoms with Gasteiger partial charge in [0.15, 0.2) is 0 Å². The Morgan fingerprint density at radius 2 is 0.964 bits per heavy atom. The summed E-state index contributed by atoms with van der Waals surface area (Å²) in [5.41, 5.74) is 12.5. The van der Waals surface area contributed by atoms with Crippen LogP contribution in [0.1, 0.15) is 47.5 Å². The lowest BCUT2D eigenvalue weighted by atomic mass is 10.00. The van der Waals surface area contributed by atoms with E-state index < -0.39 is 12.1 Å². The maximum atomic E-state index is 9.62. The fraction of sp³-hybridized carbons (Fsp3) is 0.0921. The Bertz CT molecular complexity index is 6110. The third-order valence-corrected chi connectivity index (χ3v) is 16.1. The average molecular weight is 1120 g/mol. The van der Waals surface area contributed by atoms with E-state index in [0.717, 1.165) is 142 Å². The number of Topliss-reactive ketones (excluding diaryl/α,β-unsaturated/α-hetero) is 1. The van der Waals surface area contributed by atoms with Crippen LogP contribution in [-0.4, -0.2) is 29.0 Å². The largest absolute Gasteiger partial charge is 0.496 e. The molecule has 0 aliphatic carbocycles. The number of halogens is 1. The van der Waals surface area contributed by atoms with Crippen LogP contribution in [0.3, 0.4) is 0 Å². The van der Waals surface area contributed by atoms with Gasteiger partial charge in [-0.25, -0.2) is 0 Å². The van der Waals surface area contributed by atoms with Crippen molar-refractivity contribution in [2.45, 2.75) is 35.1 Å². The molecule has 84 heavy (non-hydrogen) atoms. The second-order valence-electron chi connectivity index (χ2n) is 21.0. The number of furan rings is 2. The van der Waals surface area contributed by atoms with E-state index in [0.29, 0.717) is 27.6 Å². The Morgan fingerprint density at radius 1 is 0.464 bits per heavy atom. The Morgan fingerprint density at radius 3 is 1.56 bits per heavy atom. The van der Waals surface area contributed by atoms with Crippen molar-refractivity contribution in [3.63, 3.8) is 0 Å². The Hall–Kier alpha value is -10.1. The van der Waals surface area contributed by atoms with Crippen LogP contribution in [-0.2, 0) is 4.79 Å². The molecule has 8 heteroatoms. The van der Waals surface area contributed by atoms with Crippen molar-refractivity contribution in [3.8, 4) is 39.4 Å². The zero-order valence-corrected chi connectivity index (χ0v) is 46.2. The van der Waals surface area contributed by atoms with Gasteiger partial charge in [0, 0.05) is 50.1 Å². The summed E-state index contributed by atoms with van der Waals surface area (Å²) in [7, 11) is 3.25. The molecule has 0 unspecified atom stereocenters. The van der Waals surface area contributed by atoms with E-state index >= 15 is 0 Å². The van der Waals surface area contributed by atoms with Gasteiger partial charge in [0.05, 0.1) is 71.3 Å². The molecule has 0 saturated carbocycles. The molecule has 0 amide bonds. The van der Waals surface area contributed by atoms with Crippen LogP contribution in [0.5, 0.6) is 11.5 Å². The molecule has 408 valence electrons. The second-order valence-corrected chi connectivity index (χ2v) is 21.4. The molecule has 5 heterocycles. The molecule has 12 aromatic carbocycles. The van der Waals surface area contributed by atoms with Gasteiger partial charge in [-0.3, -0.25) is 0 Å². The van der Waals surface area contributed by atoms with Crippen molar-refractivity contribution in [1.82, 2.24) is 8.97 Å². The molecule has 0 bridgehead atoms. The van der Waals surface area contributed by atoms with Crippen molar-refractivity contribution in [2.24, 2.45) is 0 Å². The van der Waals surface area contributed by atoms with Gasteiger partial charge in [0.2, 0.25) is 0 Å². The highest BCUT2D eigenvalue weighted by Crippen LogP contribution is 2.47. The lowest BCUT2D eigenvalue weighted by molar-refractivity contribution is -0.115. The van der Waals surface area contributed by atoms with E-state index in [9.17, 15) is 4.79 Å². The summed E-state index contributed by atoms with van der Waals surface area (Å²) in [5.74, 6) is 1.24. The predicted molar refractivity (Wildman–Crippen MR) is 353 cm³/mol. The first kappa shape index (κ1) is 41.0. The molecule has 0 saturated heterocycles. The number of ketones is 1. The minimum Gasteiger partial charge on any atom is -0.496 e. The fourth-order valence-corrected chi connectivity index (χ4v) is 12.4. The van der Waals surface area contributed by atoms with Crippen LogP contribution in [0.25, 0.3) is 153 Å². The topological polar surface area (TPSA) is 71.2 Å². The summed E-state index contributed by atoms with van der Waals surface area (Å²) < 4.78 is 118. The van der Waals surface area contributed by atoms with Gasteiger partial charge in [-0.1, -0.05) is 122 Å². The minimum absolute atomic E-state index is 0. The highest BCUT2D eigenvalue weighted by atomic mass is 35.5. The van der Waals surface area contributed by atoms with E-state index in [2.05, 4.69) is 120 Å². The minimum atomic E-state index is -0.425. The molecule has 0 spiro atoms. The normalized spacial score (nSPS) is 13.5. The Labute approximate surface area is 504 Å². The van der Waals surface area contributed by atoms with Crippen molar-refractivity contribution >= 4 is 143 Å². The lowest BCUT2D eigenvalue weighted by Crippen LogP contribution is -1.95. The molecule has 7 nitrogen and oxygen atoms in total. The number of hydrogen-bond acceptors (Lipinski definition) is 5. The zero-order chi connectivity index (χ0) is 65.8. The number of ether oxygens (including phenoxy) is 2. The number of methoxy groups -OCH3 is 2. The van der Waals surface area contributed by atoms with E-state index in [-0.39, 0.29) is 79.6 Å². The van der Waals surface area contributed by atoms with E-state index in [1.54, 1.807) is 26.4 Å². The van der Waals surface area contributed by atoms with Gasteiger partial charge in [0.1, 0.15) is 39.6 Å². The molecule has 0 aliphatic heterocycles. The molecular formula is C76H57ClN2O5. The fourth-order valence-electron chi connectivity index (χ4n) is 12.2. The molecule has 17 aromatic rings. The molecule has 0 fully saturated rings. The first-order chi connectivity index (χ1) is 45.2. The van der Waals surface area contributed by atoms with Gasteiger partial charge in [-0.15, -0.1) is 0 Å². The van der Waals surface area contributed by atoms with Crippen LogP contribution in [0.4, 0.5) is 0 Å². The molecule has 0 atom stereocenters. The van der Waals surface area contributed by atoms with Crippen LogP contribution in [0, 0.1) is 13.8 Å². The summed E-state index contributed by atoms with van der Waals surface area (Å²) in [4.78, 5) is 9.62. The number of fused-ring (bicyclic) bond motifs is 17. The first-order valence-electron chi connectivity index (χ1n) is 32.6. The number of hydrogen-bond donors (Lipinski definition) is 0. The standard InChI is InChI=1S/C36H24ClNO2.C36H23NO2.C3H6O.CH4/c1-21-8-12-27-28-18-24-9-11-26(17-25(24)20-34(28)40-33(27)16-21)38-31-14-10-23(22-6-4-3-5-7-22)19-29(31)35-32(39-2)15-13-30(37)36(35)38;1-20-8-10-25-28-17-23-16-27-26-11-13-32(38-2)35-29-15-22(21-6-4-3-5-7-21)9-12-30(29)37(36(26)35)31(27)18-24(23)19-34(28)39-33(25)14-20;1-3(2)4;/h3-20H,1-2H3;3-19H,1-2H3;1-2H3;1H4/i2*3D,4D,5D,6D,7D;1D;. The number of aryl methyl sites for hydroxylation is 2. The highest BCUT2D eigenvalue weighted by molar-refractivity contribution is 6.37. The maximum absolute atomic E-state index is 9.62. The van der Waals surface area contributed by atoms with Crippen molar-refractivity contribution in [3.05, 3.63) is 228 Å². The van der Waals surface area contributed by atoms with E-state index in [1.807, 2.05) is 42.5 Å². The van der Waals surface area contributed by atoms with Crippen LogP contribution in [0.2, 0.25) is 5.02 Å². The monoisotopic (exact) mass is 1120 g/mol. The molecule has 0 radical (unpaired) electrons. The number of aromatic nitrogens is 2. The van der Waals surface area contributed by atoms with Gasteiger partial charge >= 0.3 is 0 Å². The smallest absolute Gasteiger partial charge is 0.136 e. The van der Waals surface area contributed by atoms with Crippen LogP contribution >= 0.6 is 11.6 Å². The summed E-state index contributed by atoms with van der Waals surface area (Å²) in [6.45, 7) is 5.43. The summed E-state index contributed by atoms with van der Waals surface area (Å²) in [6, 6.07) is 47.5. The second kappa shape index (κ2) is 20.1. The maximum Gasteiger partial charge on any atom is 0.136 e. The van der Waals surface area contributed by atoms with Crippen molar-refractivity contribution in [2.75, 3.05) is 14.2 Å². The Balaban J connectivity index is 0.000000151. The van der Waals surface area contributed by atoms with Crippen LogP contribution < -0.4 is 9.47 Å².